The molecule has 0 radical (unpaired) electrons. The Morgan fingerprint density at radius 1 is 1.24 bits per heavy atom. The molecule has 29 heavy (non-hydrogen) atoms. The van der Waals surface area contributed by atoms with E-state index in [-0.39, 0.29) is 17.6 Å². The fourth-order valence-electron chi connectivity index (χ4n) is 4.53. The van der Waals surface area contributed by atoms with Crippen LogP contribution < -0.4 is 0 Å². The molecular weight excluding hydrogens is 369 g/mol. The summed E-state index contributed by atoms with van der Waals surface area (Å²) in [4.78, 5) is 30.6. The maximum absolute atomic E-state index is 13.4. The molecule has 2 amide bonds. The van der Waals surface area contributed by atoms with E-state index < -0.39 is 0 Å². The van der Waals surface area contributed by atoms with E-state index in [1.165, 1.54) is 6.07 Å². The second-order valence-electron chi connectivity index (χ2n) is 8.36. The van der Waals surface area contributed by atoms with E-state index in [0.717, 1.165) is 64.0 Å². The van der Waals surface area contributed by atoms with Gasteiger partial charge in [-0.3, -0.25) is 9.59 Å². The summed E-state index contributed by atoms with van der Waals surface area (Å²) < 4.78 is 13.4. The molecule has 0 spiro atoms. The highest BCUT2D eigenvalue weighted by Crippen LogP contribution is 2.19. The molecule has 1 aromatic carbocycles. The van der Waals surface area contributed by atoms with E-state index in [1.54, 1.807) is 12.1 Å². The van der Waals surface area contributed by atoms with Gasteiger partial charge in [-0.25, -0.2) is 4.39 Å². The summed E-state index contributed by atoms with van der Waals surface area (Å²) in [5, 5.41) is 0. The lowest BCUT2D eigenvalue weighted by molar-refractivity contribution is -0.133. The van der Waals surface area contributed by atoms with Gasteiger partial charge in [0.2, 0.25) is 11.8 Å². The number of carbonyl (C=O) groups excluding carboxylic acids is 2. The molecule has 5 nitrogen and oxygen atoms in total. The van der Waals surface area contributed by atoms with Crippen molar-refractivity contribution in [3.63, 3.8) is 0 Å². The van der Waals surface area contributed by atoms with E-state index in [4.69, 9.17) is 0 Å². The highest BCUT2D eigenvalue weighted by Gasteiger charge is 2.25. The summed E-state index contributed by atoms with van der Waals surface area (Å²) in [6, 6.07) is 6.84. The molecule has 1 atom stereocenters. The Morgan fingerprint density at radius 3 is 2.83 bits per heavy atom. The number of likely N-dealkylation sites (tertiary alicyclic amines) is 2. The van der Waals surface area contributed by atoms with Gasteiger partial charge in [0.25, 0.3) is 0 Å². The van der Waals surface area contributed by atoms with Crippen molar-refractivity contribution in [1.29, 1.82) is 0 Å². The van der Waals surface area contributed by atoms with Gasteiger partial charge in [-0.1, -0.05) is 12.1 Å². The number of rotatable bonds is 9. The molecular formula is C23H34FN3O2. The molecule has 6 heteroatoms. The first-order valence-electron chi connectivity index (χ1n) is 11.1. The molecule has 0 unspecified atom stereocenters. The van der Waals surface area contributed by atoms with Crippen LogP contribution in [0, 0.1) is 11.7 Å². The van der Waals surface area contributed by atoms with E-state index in [1.807, 2.05) is 22.8 Å². The monoisotopic (exact) mass is 403 g/mol. The maximum atomic E-state index is 13.4. The number of amides is 2. The minimum atomic E-state index is -0.174. The third kappa shape index (κ3) is 6.53. The first-order chi connectivity index (χ1) is 14.0. The van der Waals surface area contributed by atoms with Crippen LogP contribution in [-0.2, 0) is 16.0 Å². The third-order valence-corrected chi connectivity index (χ3v) is 6.19. The van der Waals surface area contributed by atoms with Crippen molar-refractivity contribution >= 4 is 11.8 Å². The molecule has 0 N–H and O–H groups in total. The number of hydrogen-bond donors (Lipinski definition) is 0. The topological polar surface area (TPSA) is 43.9 Å². The SMILES string of the molecule is CCN(C[C@@H]1CCCN(CCc2cccc(F)c2)C1)C(=O)CCN1CCCC1=O. The van der Waals surface area contributed by atoms with Gasteiger partial charge in [-0.15, -0.1) is 0 Å². The second kappa shape index (κ2) is 10.7. The fourth-order valence-corrected chi connectivity index (χ4v) is 4.53. The van der Waals surface area contributed by atoms with Gasteiger partial charge in [0.15, 0.2) is 0 Å². The summed E-state index contributed by atoms with van der Waals surface area (Å²) in [5.74, 6) is 0.645. The molecule has 0 saturated carbocycles. The summed E-state index contributed by atoms with van der Waals surface area (Å²) in [6.45, 7) is 7.87. The Balaban J connectivity index is 1.43. The van der Waals surface area contributed by atoms with Crippen molar-refractivity contribution in [1.82, 2.24) is 14.7 Å². The number of hydrogen-bond acceptors (Lipinski definition) is 3. The quantitative estimate of drug-likeness (QED) is 0.637. The first kappa shape index (κ1) is 21.8. The van der Waals surface area contributed by atoms with Crippen LogP contribution in [-0.4, -0.2) is 72.3 Å². The third-order valence-electron chi connectivity index (χ3n) is 6.19. The van der Waals surface area contributed by atoms with Gasteiger partial charge >= 0.3 is 0 Å². The van der Waals surface area contributed by atoms with Crippen molar-refractivity contribution in [2.24, 2.45) is 5.92 Å². The van der Waals surface area contributed by atoms with Crippen molar-refractivity contribution < 1.29 is 14.0 Å². The van der Waals surface area contributed by atoms with Crippen LogP contribution in [0.1, 0.15) is 44.6 Å². The zero-order valence-electron chi connectivity index (χ0n) is 17.6. The molecule has 0 aliphatic carbocycles. The minimum absolute atomic E-state index is 0.157. The normalized spacial score (nSPS) is 20.3. The average Bonchev–Trinajstić information content (AvgIpc) is 3.14. The zero-order chi connectivity index (χ0) is 20.6. The largest absolute Gasteiger partial charge is 0.343 e. The number of nitrogens with zero attached hydrogens (tertiary/aromatic N) is 3. The van der Waals surface area contributed by atoms with E-state index in [2.05, 4.69) is 4.90 Å². The van der Waals surface area contributed by atoms with Gasteiger partial charge < -0.3 is 14.7 Å². The predicted molar refractivity (Wildman–Crippen MR) is 112 cm³/mol. The molecule has 0 aromatic heterocycles. The number of benzene rings is 1. The molecule has 0 bridgehead atoms. The fraction of sp³-hybridized carbons (Fsp3) is 0.652. The Morgan fingerprint density at radius 2 is 2.10 bits per heavy atom. The Kier molecular flexibility index (Phi) is 8.04. The lowest BCUT2D eigenvalue weighted by atomic mass is 9.96. The summed E-state index contributed by atoms with van der Waals surface area (Å²) >= 11 is 0. The van der Waals surface area contributed by atoms with Crippen molar-refractivity contribution in [2.75, 3.05) is 45.8 Å². The van der Waals surface area contributed by atoms with Crippen molar-refractivity contribution in [2.45, 2.75) is 45.4 Å². The van der Waals surface area contributed by atoms with Crippen molar-refractivity contribution in [3.8, 4) is 0 Å². The minimum Gasteiger partial charge on any atom is -0.343 e. The summed E-state index contributed by atoms with van der Waals surface area (Å²) in [7, 11) is 0. The van der Waals surface area contributed by atoms with Gasteiger partial charge in [0.05, 0.1) is 0 Å². The van der Waals surface area contributed by atoms with Crippen LogP contribution in [0.4, 0.5) is 4.39 Å². The van der Waals surface area contributed by atoms with Gasteiger partial charge in [0.1, 0.15) is 5.82 Å². The standard InChI is InChI=1S/C23H34FN3O2/c1-2-26(23(29)11-15-27-13-5-9-22(27)28)18-20-7-4-12-25(17-20)14-10-19-6-3-8-21(24)16-19/h3,6,8,16,20H,2,4-5,7,9-15,17-18H2,1H3/t20-/m1/s1. The van der Waals surface area contributed by atoms with E-state index >= 15 is 0 Å². The maximum Gasteiger partial charge on any atom is 0.224 e. The van der Waals surface area contributed by atoms with Gasteiger partial charge in [-0.05, 0) is 62.8 Å². The van der Waals surface area contributed by atoms with Crippen LogP contribution in [0.15, 0.2) is 24.3 Å². The molecule has 2 heterocycles. The number of halogens is 1. The molecule has 2 aliphatic heterocycles. The van der Waals surface area contributed by atoms with Crippen molar-refractivity contribution in [3.05, 3.63) is 35.6 Å². The Hall–Kier alpha value is -1.95. The number of piperidine rings is 1. The Bertz CT molecular complexity index is 696. The summed E-state index contributed by atoms with van der Waals surface area (Å²) in [5.41, 5.74) is 1.04. The van der Waals surface area contributed by atoms with Crippen LogP contribution in [0.25, 0.3) is 0 Å². The number of carbonyl (C=O) groups is 2. The molecule has 2 aliphatic rings. The highest BCUT2D eigenvalue weighted by molar-refractivity contribution is 5.80. The lowest BCUT2D eigenvalue weighted by Gasteiger charge is -2.35. The average molecular weight is 404 g/mol. The second-order valence-corrected chi connectivity index (χ2v) is 8.36. The predicted octanol–water partition coefficient (Wildman–Crippen LogP) is 2.94. The highest BCUT2D eigenvalue weighted by atomic mass is 19.1. The van der Waals surface area contributed by atoms with E-state index in [0.29, 0.717) is 31.8 Å². The van der Waals surface area contributed by atoms with E-state index in [9.17, 15) is 14.0 Å². The Labute approximate surface area is 173 Å². The molecule has 160 valence electrons. The van der Waals surface area contributed by atoms with Crippen LogP contribution in [0.5, 0.6) is 0 Å². The van der Waals surface area contributed by atoms with Gasteiger partial charge in [-0.2, -0.15) is 0 Å². The van der Waals surface area contributed by atoms with Crippen LogP contribution in [0.2, 0.25) is 0 Å². The summed E-state index contributed by atoms with van der Waals surface area (Å²) in [6.07, 6.45) is 5.10. The van der Waals surface area contributed by atoms with Gasteiger partial charge in [0, 0.05) is 52.1 Å². The first-order valence-corrected chi connectivity index (χ1v) is 11.1. The van der Waals surface area contributed by atoms with Crippen LogP contribution >= 0.6 is 0 Å². The molecule has 2 fully saturated rings. The van der Waals surface area contributed by atoms with Crippen LogP contribution in [0.3, 0.4) is 0 Å². The molecule has 1 aromatic rings. The molecule has 3 rings (SSSR count). The lowest BCUT2D eigenvalue weighted by Crippen LogP contribution is -2.44. The zero-order valence-corrected chi connectivity index (χ0v) is 17.6. The molecule has 2 saturated heterocycles. The smallest absolute Gasteiger partial charge is 0.224 e.